The highest BCUT2D eigenvalue weighted by Gasteiger charge is 2.36. The minimum absolute atomic E-state index is 0.0218. The number of benzene rings is 2. The maximum absolute atomic E-state index is 12.4. The third kappa shape index (κ3) is 3.27. The summed E-state index contributed by atoms with van der Waals surface area (Å²) in [5.74, 6) is -0.124. The summed E-state index contributed by atoms with van der Waals surface area (Å²) < 4.78 is 0. The average molecular weight is 370 g/mol. The number of halogens is 1. The molecule has 2 aromatic rings. The van der Waals surface area contributed by atoms with Crippen LogP contribution in [0.25, 0.3) is 0 Å². The number of fused-ring (bicyclic) bond motifs is 3. The molecule has 0 bridgehead atoms. The minimum atomic E-state index is -0.146. The number of carbonyl (C=O) groups is 2. The summed E-state index contributed by atoms with van der Waals surface area (Å²) in [6, 6.07) is 13.1. The average Bonchev–Trinajstić information content (AvgIpc) is 3.12. The Morgan fingerprint density at radius 1 is 1.27 bits per heavy atom. The van der Waals surface area contributed by atoms with Crippen molar-refractivity contribution < 1.29 is 9.59 Å². The number of hydrogen-bond acceptors (Lipinski definition) is 3. The second kappa shape index (κ2) is 7.00. The second-order valence-corrected chi connectivity index (χ2v) is 7.14. The summed E-state index contributed by atoms with van der Waals surface area (Å²) in [7, 11) is 0. The van der Waals surface area contributed by atoms with Crippen molar-refractivity contribution in [3.05, 3.63) is 58.6 Å². The molecule has 1 unspecified atom stereocenters. The lowest BCUT2D eigenvalue weighted by Crippen LogP contribution is -2.44. The SMILES string of the molecule is O=C(NCCc1cccc(Cl)c1)c1ccc2c(c1)NC(=O)C1CCCN21. The molecule has 0 spiro atoms. The number of anilines is 2. The van der Waals surface area contributed by atoms with E-state index in [0.29, 0.717) is 23.6 Å². The molecule has 4 rings (SSSR count). The van der Waals surface area contributed by atoms with Gasteiger partial charge in [0.1, 0.15) is 6.04 Å². The van der Waals surface area contributed by atoms with Crippen LogP contribution in [0.4, 0.5) is 11.4 Å². The molecule has 2 aliphatic heterocycles. The van der Waals surface area contributed by atoms with Crippen molar-refractivity contribution in [3.63, 3.8) is 0 Å². The number of amides is 2. The van der Waals surface area contributed by atoms with Gasteiger partial charge in [-0.2, -0.15) is 0 Å². The quantitative estimate of drug-likeness (QED) is 0.869. The molecule has 1 fully saturated rings. The molecule has 2 aliphatic rings. The Bertz CT molecular complexity index is 868. The normalized spacial score (nSPS) is 18.1. The standard InChI is InChI=1S/C20H20ClN3O2/c21-15-4-1-3-13(11-15)8-9-22-19(25)14-6-7-17-16(12-14)23-20(26)18-5-2-10-24(17)18/h1,3-4,6-7,11-12,18H,2,5,8-10H2,(H,22,25)(H,23,26). The molecule has 0 aromatic heterocycles. The van der Waals surface area contributed by atoms with E-state index >= 15 is 0 Å². The van der Waals surface area contributed by atoms with Crippen molar-refractivity contribution >= 4 is 34.8 Å². The van der Waals surface area contributed by atoms with Gasteiger partial charge < -0.3 is 15.5 Å². The summed E-state index contributed by atoms with van der Waals surface area (Å²) >= 11 is 5.97. The first kappa shape index (κ1) is 16.9. The zero-order valence-electron chi connectivity index (χ0n) is 14.3. The van der Waals surface area contributed by atoms with Crippen molar-refractivity contribution in [3.8, 4) is 0 Å². The second-order valence-electron chi connectivity index (χ2n) is 6.71. The maximum Gasteiger partial charge on any atom is 0.251 e. The van der Waals surface area contributed by atoms with E-state index in [2.05, 4.69) is 15.5 Å². The number of nitrogens with zero attached hydrogens (tertiary/aromatic N) is 1. The highest BCUT2D eigenvalue weighted by Crippen LogP contribution is 2.37. The topological polar surface area (TPSA) is 61.4 Å². The molecule has 2 amide bonds. The van der Waals surface area contributed by atoms with Gasteiger partial charge >= 0.3 is 0 Å². The van der Waals surface area contributed by atoms with E-state index in [1.807, 2.05) is 36.4 Å². The van der Waals surface area contributed by atoms with Gasteiger partial charge in [0, 0.05) is 23.7 Å². The van der Waals surface area contributed by atoms with Gasteiger partial charge in [-0.1, -0.05) is 23.7 Å². The van der Waals surface area contributed by atoms with Crippen LogP contribution in [-0.2, 0) is 11.2 Å². The fourth-order valence-corrected chi connectivity index (χ4v) is 3.90. The van der Waals surface area contributed by atoms with E-state index in [9.17, 15) is 9.59 Å². The fourth-order valence-electron chi connectivity index (χ4n) is 3.69. The molecule has 26 heavy (non-hydrogen) atoms. The Morgan fingerprint density at radius 2 is 2.15 bits per heavy atom. The largest absolute Gasteiger partial charge is 0.358 e. The van der Waals surface area contributed by atoms with Gasteiger partial charge in [0.2, 0.25) is 5.91 Å². The van der Waals surface area contributed by atoms with Gasteiger partial charge in [0.25, 0.3) is 5.91 Å². The molecule has 6 heteroatoms. The summed E-state index contributed by atoms with van der Waals surface area (Å²) in [4.78, 5) is 26.8. The van der Waals surface area contributed by atoms with Crippen LogP contribution in [0, 0.1) is 0 Å². The van der Waals surface area contributed by atoms with Crippen LogP contribution in [0.15, 0.2) is 42.5 Å². The number of hydrogen-bond donors (Lipinski definition) is 2. The van der Waals surface area contributed by atoms with E-state index in [4.69, 9.17) is 11.6 Å². The van der Waals surface area contributed by atoms with Crippen molar-refractivity contribution in [1.82, 2.24) is 5.32 Å². The Balaban J connectivity index is 1.42. The minimum Gasteiger partial charge on any atom is -0.358 e. The van der Waals surface area contributed by atoms with Crippen molar-refractivity contribution in [1.29, 1.82) is 0 Å². The maximum atomic E-state index is 12.4. The van der Waals surface area contributed by atoms with Crippen molar-refractivity contribution in [2.45, 2.75) is 25.3 Å². The Hall–Kier alpha value is -2.53. The van der Waals surface area contributed by atoms with Crippen LogP contribution in [0.5, 0.6) is 0 Å². The van der Waals surface area contributed by atoms with Crippen LogP contribution >= 0.6 is 11.6 Å². The molecular formula is C20H20ClN3O2. The Kier molecular flexibility index (Phi) is 4.55. The van der Waals surface area contributed by atoms with Gasteiger partial charge in [-0.25, -0.2) is 0 Å². The predicted octanol–water partition coefficient (Wildman–Crippen LogP) is 3.23. The van der Waals surface area contributed by atoms with Crippen LogP contribution in [-0.4, -0.2) is 30.9 Å². The highest BCUT2D eigenvalue weighted by atomic mass is 35.5. The molecule has 1 saturated heterocycles. The lowest BCUT2D eigenvalue weighted by atomic mass is 10.1. The van der Waals surface area contributed by atoms with E-state index in [-0.39, 0.29) is 17.9 Å². The third-order valence-electron chi connectivity index (χ3n) is 4.97. The molecule has 2 aromatic carbocycles. The van der Waals surface area contributed by atoms with E-state index in [1.54, 1.807) is 6.07 Å². The predicted molar refractivity (Wildman–Crippen MR) is 103 cm³/mol. The zero-order chi connectivity index (χ0) is 18.1. The third-order valence-corrected chi connectivity index (χ3v) is 5.20. The van der Waals surface area contributed by atoms with E-state index in [1.165, 1.54) is 0 Å². The van der Waals surface area contributed by atoms with Crippen molar-refractivity contribution in [2.24, 2.45) is 0 Å². The number of nitrogens with one attached hydrogen (secondary N) is 2. The van der Waals surface area contributed by atoms with Crippen LogP contribution in [0.1, 0.15) is 28.8 Å². The molecule has 0 aliphatic carbocycles. The lowest BCUT2D eigenvalue weighted by molar-refractivity contribution is -0.117. The molecule has 2 N–H and O–H groups in total. The van der Waals surface area contributed by atoms with Gasteiger partial charge in [-0.15, -0.1) is 0 Å². The molecule has 5 nitrogen and oxygen atoms in total. The molecule has 0 saturated carbocycles. The summed E-state index contributed by atoms with van der Waals surface area (Å²) in [5.41, 5.74) is 3.35. The summed E-state index contributed by atoms with van der Waals surface area (Å²) in [6.07, 6.45) is 2.61. The zero-order valence-corrected chi connectivity index (χ0v) is 15.1. The molecular weight excluding hydrogens is 350 g/mol. The van der Waals surface area contributed by atoms with Crippen LogP contribution in [0.2, 0.25) is 5.02 Å². The Morgan fingerprint density at radius 3 is 3.00 bits per heavy atom. The number of rotatable bonds is 4. The van der Waals surface area contributed by atoms with Crippen molar-refractivity contribution in [2.75, 3.05) is 23.3 Å². The molecule has 134 valence electrons. The molecule has 2 heterocycles. The van der Waals surface area contributed by atoms with Gasteiger partial charge in [-0.3, -0.25) is 9.59 Å². The monoisotopic (exact) mass is 369 g/mol. The van der Waals surface area contributed by atoms with Gasteiger partial charge in [0.05, 0.1) is 11.4 Å². The highest BCUT2D eigenvalue weighted by molar-refractivity contribution is 6.30. The van der Waals surface area contributed by atoms with Gasteiger partial charge in [0.15, 0.2) is 0 Å². The Labute approximate surface area is 157 Å². The smallest absolute Gasteiger partial charge is 0.251 e. The lowest BCUT2D eigenvalue weighted by Gasteiger charge is -2.33. The first-order valence-electron chi connectivity index (χ1n) is 8.86. The summed E-state index contributed by atoms with van der Waals surface area (Å²) in [5, 5.41) is 6.56. The van der Waals surface area contributed by atoms with Crippen LogP contribution in [0.3, 0.4) is 0 Å². The first-order valence-corrected chi connectivity index (χ1v) is 9.24. The van der Waals surface area contributed by atoms with E-state index < -0.39 is 0 Å². The summed E-state index contributed by atoms with van der Waals surface area (Å²) in [6.45, 7) is 1.41. The number of carbonyl (C=O) groups excluding carboxylic acids is 2. The van der Waals surface area contributed by atoms with Crippen LogP contribution < -0.4 is 15.5 Å². The van der Waals surface area contributed by atoms with E-state index in [0.717, 1.165) is 36.3 Å². The fraction of sp³-hybridized carbons (Fsp3) is 0.300. The molecule has 0 radical (unpaired) electrons. The molecule has 1 atom stereocenters. The van der Waals surface area contributed by atoms with Gasteiger partial charge in [-0.05, 0) is 55.2 Å². The first-order chi connectivity index (χ1) is 12.6.